The molecule has 1 atom stereocenters. The van der Waals surface area contributed by atoms with Crippen LogP contribution in [0.1, 0.15) is 0 Å². The van der Waals surface area contributed by atoms with Gasteiger partial charge in [-0.3, -0.25) is 9.05 Å². The lowest BCUT2D eigenvalue weighted by atomic mass is 10.7. The van der Waals surface area contributed by atoms with Gasteiger partial charge >= 0.3 is 7.82 Å². The zero-order chi connectivity index (χ0) is 9.19. The summed E-state index contributed by atoms with van der Waals surface area (Å²) in [6, 6.07) is 0. The molecule has 1 saturated heterocycles. The second-order valence-corrected chi connectivity index (χ2v) is 3.53. The molecular formula is C4H6F3O4P. The van der Waals surface area contributed by atoms with Gasteiger partial charge in [-0.2, -0.15) is 0 Å². The molecule has 1 unspecified atom stereocenters. The van der Waals surface area contributed by atoms with Gasteiger partial charge in [-0.05, 0) is 0 Å². The fourth-order valence-electron chi connectivity index (χ4n) is 0.566. The molecule has 0 aromatic rings. The molecule has 1 fully saturated rings. The summed E-state index contributed by atoms with van der Waals surface area (Å²) in [6.07, 6.45) is -6.29. The Labute approximate surface area is 66.2 Å². The highest BCUT2D eigenvalue weighted by Gasteiger charge is 2.38. The Morgan fingerprint density at radius 2 is 1.75 bits per heavy atom. The number of alkyl halides is 3. The summed E-state index contributed by atoms with van der Waals surface area (Å²) in [5.41, 5.74) is 0. The summed E-state index contributed by atoms with van der Waals surface area (Å²) in [5, 5.41) is 0. The molecule has 0 saturated carbocycles. The smallest absolute Gasteiger partial charge is 0.284 e. The van der Waals surface area contributed by atoms with E-state index in [-0.39, 0.29) is 13.2 Å². The minimum Gasteiger partial charge on any atom is -0.284 e. The molecule has 0 amide bonds. The van der Waals surface area contributed by atoms with Crippen molar-refractivity contribution < 1.29 is 31.3 Å². The van der Waals surface area contributed by atoms with Crippen molar-refractivity contribution in [3.63, 3.8) is 0 Å². The van der Waals surface area contributed by atoms with Crippen LogP contribution in [0.3, 0.4) is 0 Å². The second-order valence-electron chi connectivity index (χ2n) is 1.90. The van der Waals surface area contributed by atoms with Crippen LogP contribution in [0.2, 0.25) is 0 Å². The maximum atomic E-state index is 12.1. The van der Waals surface area contributed by atoms with Gasteiger partial charge in [0, 0.05) is 0 Å². The topological polar surface area (TPSA) is 44.8 Å². The van der Waals surface area contributed by atoms with Crippen molar-refractivity contribution in [3.05, 3.63) is 0 Å². The molecule has 1 aliphatic rings. The lowest BCUT2D eigenvalue weighted by molar-refractivity contribution is -0.0792. The molecule has 0 radical (unpaired) electrons. The van der Waals surface area contributed by atoms with Crippen LogP contribution in [0.15, 0.2) is 0 Å². The molecule has 0 bridgehead atoms. The summed E-state index contributed by atoms with van der Waals surface area (Å²) >= 11 is 0. The zero-order valence-corrected chi connectivity index (χ0v) is 6.68. The van der Waals surface area contributed by atoms with Crippen molar-refractivity contribution >= 4 is 7.82 Å². The van der Waals surface area contributed by atoms with E-state index >= 15 is 0 Å². The van der Waals surface area contributed by atoms with Gasteiger partial charge in [0.25, 0.3) is 12.8 Å². The van der Waals surface area contributed by atoms with E-state index in [1.807, 2.05) is 0 Å². The highest BCUT2D eigenvalue weighted by Crippen LogP contribution is 2.54. The van der Waals surface area contributed by atoms with E-state index < -0.39 is 20.6 Å². The first-order chi connectivity index (χ1) is 5.53. The Morgan fingerprint density at radius 3 is 2.17 bits per heavy atom. The third kappa shape index (κ3) is 2.45. The number of rotatable bonds is 3. The van der Waals surface area contributed by atoms with Crippen molar-refractivity contribution in [2.24, 2.45) is 0 Å². The van der Waals surface area contributed by atoms with E-state index in [1.54, 1.807) is 0 Å². The second kappa shape index (κ2) is 3.74. The van der Waals surface area contributed by atoms with Crippen LogP contribution in [0.5, 0.6) is 0 Å². The molecule has 1 heterocycles. The van der Waals surface area contributed by atoms with Gasteiger partial charge in [0.05, 0.1) is 13.2 Å². The number of halogens is 3. The maximum Gasteiger partial charge on any atom is 0.477 e. The van der Waals surface area contributed by atoms with E-state index in [1.165, 1.54) is 0 Å². The lowest BCUT2D eigenvalue weighted by Crippen LogP contribution is -2.14. The quantitative estimate of drug-likeness (QED) is 0.659. The fraction of sp³-hybridized carbons (Fsp3) is 1.00. The van der Waals surface area contributed by atoms with Crippen molar-refractivity contribution in [2.45, 2.75) is 12.8 Å². The zero-order valence-electron chi connectivity index (χ0n) is 5.78. The average molecular weight is 206 g/mol. The van der Waals surface area contributed by atoms with E-state index in [4.69, 9.17) is 0 Å². The molecule has 12 heavy (non-hydrogen) atoms. The molecule has 0 aliphatic carbocycles. The Hall–Kier alpha value is -0.100. The lowest BCUT2D eigenvalue weighted by Gasteiger charge is -2.12. The molecule has 72 valence electrons. The van der Waals surface area contributed by atoms with E-state index in [0.717, 1.165) is 0 Å². The predicted octanol–water partition coefficient (Wildman–Crippen LogP) is 1.72. The molecule has 4 nitrogen and oxygen atoms in total. The highest BCUT2D eigenvalue weighted by atomic mass is 31.2. The van der Waals surface area contributed by atoms with Gasteiger partial charge in [0.2, 0.25) is 0 Å². The molecule has 0 aromatic heterocycles. The first-order valence-electron chi connectivity index (χ1n) is 3.03. The van der Waals surface area contributed by atoms with Crippen LogP contribution in [0.4, 0.5) is 13.2 Å². The van der Waals surface area contributed by atoms with Gasteiger partial charge in [-0.1, -0.05) is 0 Å². The first-order valence-corrected chi connectivity index (χ1v) is 4.49. The minimum absolute atomic E-state index is 0.0484. The van der Waals surface area contributed by atoms with Crippen LogP contribution in [-0.2, 0) is 18.1 Å². The number of phosphoric acid groups is 1. The molecule has 1 aliphatic heterocycles. The minimum atomic E-state index is -4.04. The molecule has 8 heteroatoms. The average Bonchev–Trinajstić information content (AvgIpc) is 2.35. The van der Waals surface area contributed by atoms with Crippen LogP contribution < -0.4 is 0 Å². The number of phosphoric ester groups is 1. The van der Waals surface area contributed by atoms with Crippen molar-refractivity contribution in [1.82, 2.24) is 0 Å². The molecule has 1 rings (SSSR count). The van der Waals surface area contributed by atoms with Gasteiger partial charge in [0.15, 0.2) is 0 Å². The van der Waals surface area contributed by atoms with Crippen molar-refractivity contribution in [2.75, 3.05) is 13.2 Å². The van der Waals surface area contributed by atoms with Crippen LogP contribution >= 0.6 is 7.82 Å². The summed E-state index contributed by atoms with van der Waals surface area (Å²) in [4.78, 5) is 0. The Balaban J connectivity index is 2.44. The Kier molecular flexibility index (Phi) is 3.11. The van der Waals surface area contributed by atoms with Gasteiger partial charge in [-0.15, -0.1) is 0 Å². The molecule has 0 N–H and O–H groups in total. The SMILES string of the molecule is O=P1(OC(F)C(F)F)OCCO1. The number of hydrogen-bond donors (Lipinski definition) is 0. The summed E-state index contributed by atoms with van der Waals surface area (Å²) < 4.78 is 58.4. The van der Waals surface area contributed by atoms with E-state index in [9.17, 15) is 17.7 Å². The Bertz CT molecular complexity index is 189. The van der Waals surface area contributed by atoms with Crippen LogP contribution in [0.25, 0.3) is 0 Å². The van der Waals surface area contributed by atoms with Gasteiger partial charge in [0.1, 0.15) is 0 Å². The van der Waals surface area contributed by atoms with Gasteiger partial charge in [-0.25, -0.2) is 22.3 Å². The summed E-state index contributed by atoms with van der Waals surface area (Å²) in [6.45, 7) is -0.0968. The highest BCUT2D eigenvalue weighted by molar-refractivity contribution is 7.48. The van der Waals surface area contributed by atoms with E-state index in [2.05, 4.69) is 13.6 Å². The predicted molar refractivity (Wildman–Crippen MR) is 31.5 cm³/mol. The molecule has 0 aromatic carbocycles. The summed E-state index contributed by atoms with van der Waals surface area (Å²) in [7, 11) is -4.04. The van der Waals surface area contributed by atoms with Crippen molar-refractivity contribution in [1.29, 1.82) is 0 Å². The molecule has 0 spiro atoms. The third-order valence-electron chi connectivity index (χ3n) is 1.01. The van der Waals surface area contributed by atoms with Crippen LogP contribution in [-0.4, -0.2) is 26.0 Å². The maximum absolute atomic E-state index is 12.1. The monoisotopic (exact) mass is 206 g/mol. The first kappa shape index (κ1) is 9.98. The summed E-state index contributed by atoms with van der Waals surface area (Å²) in [5.74, 6) is 0. The Morgan fingerprint density at radius 1 is 1.25 bits per heavy atom. The number of hydrogen-bond acceptors (Lipinski definition) is 4. The van der Waals surface area contributed by atoms with Crippen molar-refractivity contribution in [3.8, 4) is 0 Å². The van der Waals surface area contributed by atoms with E-state index in [0.29, 0.717) is 0 Å². The largest absolute Gasteiger partial charge is 0.477 e. The normalized spacial score (nSPS) is 24.7. The molecular weight excluding hydrogens is 200 g/mol. The van der Waals surface area contributed by atoms with Crippen LogP contribution in [0, 0.1) is 0 Å². The standard InChI is InChI=1S/C4H6F3O4P/c5-3(6)4(7)11-12(8)9-1-2-10-12/h3-4H,1-2H2. The fourth-order valence-corrected chi connectivity index (χ4v) is 1.70. The van der Waals surface area contributed by atoms with Gasteiger partial charge < -0.3 is 0 Å². The third-order valence-corrected chi connectivity index (χ3v) is 2.47.